The molecular weight excluding hydrogens is 110 g/mol. The van der Waals surface area contributed by atoms with Gasteiger partial charge in [-0.3, -0.25) is 0 Å². The molecule has 0 spiro atoms. The summed E-state index contributed by atoms with van der Waals surface area (Å²) in [4.78, 5) is 3.95. The topological polar surface area (TPSA) is 12.4 Å². The van der Waals surface area contributed by atoms with Gasteiger partial charge >= 0.3 is 0 Å². The normalized spacial score (nSPS) is 25.7. The molecule has 0 fully saturated rings. The van der Waals surface area contributed by atoms with E-state index < -0.39 is 0 Å². The smallest absolute Gasteiger partial charge is 0.0273 e. The average Bonchev–Trinajstić information content (AvgIpc) is 1.91. The van der Waals surface area contributed by atoms with Gasteiger partial charge in [-0.25, -0.2) is 0 Å². The molecule has 0 amide bonds. The van der Waals surface area contributed by atoms with E-state index in [0.717, 1.165) is 6.42 Å². The molecule has 0 radical (unpaired) electrons. The van der Waals surface area contributed by atoms with Crippen LogP contribution in [0.3, 0.4) is 0 Å². The summed E-state index contributed by atoms with van der Waals surface area (Å²) in [5.41, 5.74) is 0. The van der Waals surface area contributed by atoms with Gasteiger partial charge in [0.1, 0.15) is 0 Å². The van der Waals surface area contributed by atoms with Crippen molar-refractivity contribution in [3.05, 3.63) is 24.3 Å². The van der Waals surface area contributed by atoms with Crippen LogP contribution in [-0.4, -0.2) is 13.3 Å². The van der Waals surface area contributed by atoms with Gasteiger partial charge in [-0.1, -0.05) is 24.3 Å². The van der Waals surface area contributed by atoms with E-state index >= 15 is 0 Å². The Morgan fingerprint density at radius 3 is 3.00 bits per heavy atom. The van der Waals surface area contributed by atoms with E-state index in [1.807, 2.05) is 13.3 Å². The summed E-state index contributed by atoms with van der Waals surface area (Å²) < 4.78 is 0. The third-order valence-corrected chi connectivity index (χ3v) is 1.35. The van der Waals surface area contributed by atoms with Gasteiger partial charge in [-0.2, -0.15) is 0 Å². The van der Waals surface area contributed by atoms with Gasteiger partial charge in [0.15, 0.2) is 0 Å². The highest BCUT2D eigenvalue weighted by molar-refractivity contribution is 5.63. The minimum Gasteiger partial charge on any atom is -0.300 e. The van der Waals surface area contributed by atoms with E-state index in [2.05, 4.69) is 29.3 Å². The second-order valence-corrected chi connectivity index (χ2v) is 2.12. The summed E-state index contributed by atoms with van der Waals surface area (Å²) in [5.74, 6) is 0.542. The second-order valence-electron chi connectivity index (χ2n) is 2.12. The second kappa shape index (κ2) is 3.23. The van der Waals surface area contributed by atoms with E-state index in [1.165, 1.54) is 0 Å². The third kappa shape index (κ3) is 1.84. The standard InChI is InChI=1S/C8H11N/c1-9-7-8-5-3-2-4-6-8/h2-5,7-8H,6H2,1H3. The van der Waals surface area contributed by atoms with E-state index in [0.29, 0.717) is 5.92 Å². The lowest BCUT2D eigenvalue weighted by atomic mass is 10.0. The summed E-state index contributed by atoms with van der Waals surface area (Å²) in [6, 6.07) is 0. The molecule has 1 rings (SSSR count). The van der Waals surface area contributed by atoms with Crippen LogP contribution in [0.5, 0.6) is 0 Å². The highest BCUT2D eigenvalue weighted by Crippen LogP contribution is 2.07. The molecule has 9 heavy (non-hydrogen) atoms. The van der Waals surface area contributed by atoms with Crippen molar-refractivity contribution >= 4 is 6.21 Å². The van der Waals surface area contributed by atoms with Crippen LogP contribution in [-0.2, 0) is 0 Å². The largest absolute Gasteiger partial charge is 0.300 e. The molecule has 1 aliphatic rings. The Bertz CT molecular complexity index is 154. The van der Waals surface area contributed by atoms with Crippen molar-refractivity contribution in [2.75, 3.05) is 7.05 Å². The molecule has 0 aromatic carbocycles. The Balaban J connectivity index is 2.46. The number of hydrogen-bond acceptors (Lipinski definition) is 1. The first-order valence-electron chi connectivity index (χ1n) is 3.19. The zero-order chi connectivity index (χ0) is 6.53. The van der Waals surface area contributed by atoms with Crippen molar-refractivity contribution in [3.63, 3.8) is 0 Å². The maximum Gasteiger partial charge on any atom is 0.0273 e. The highest BCUT2D eigenvalue weighted by Gasteiger charge is 1.98. The maximum atomic E-state index is 3.95. The van der Waals surface area contributed by atoms with Crippen LogP contribution in [0.1, 0.15) is 6.42 Å². The summed E-state index contributed by atoms with van der Waals surface area (Å²) in [6.07, 6.45) is 11.5. The first-order chi connectivity index (χ1) is 4.43. The summed E-state index contributed by atoms with van der Waals surface area (Å²) in [5, 5.41) is 0. The number of hydrogen-bond donors (Lipinski definition) is 0. The van der Waals surface area contributed by atoms with Crippen LogP contribution in [0.15, 0.2) is 29.3 Å². The molecule has 1 aliphatic carbocycles. The fraction of sp³-hybridized carbons (Fsp3) is 0.375. The van der Waals surface area contributed by atoms with Gasteiger partial charge in [0.05, 0.1) is 0 Å². The van der Waals surface area contributed by atoms with Gasteiger partial charge in [0.2, 0.25) is 0 Å². The summed E-state index contributed by atoms with van der Waals surface area (Å²) >= 11 is 0. The van der Waals surface area contributed by atoms with Gasteiger partial charge in [-0.05, 0) is 6.42 Å². The van der Waals surface area contributed by atoms with Crippen LogP contribution in [0, 0.1) is 5.92 Å². The molecule has 1 atom stereocenters. The van der Waals surface area contributed by atoms with Crippen LogP contribution < -0.4 is 0 Å². The van der Waals surface area contributed by atoms with Crippen molar-refractivity contribution in [1.29, 1.82) is 0 Å². The van der Waals surface area contributed by atoms with Crippen LogP contribution in [0.2, 0.25) is 0 Å². The Hall–Kier alpha value is -0.850. The molecule has 0 aliphatic heterocycles. The van der Waals surface area contributed by atoms with Gasteiger partial charge in [0, 0.05) is 19.2 Å². The summed E-state index contributed by atoms with van der Waals surface area (Å²) in [7, 11) is 1.81. The lowest BCUT2D eigenvalue weighted by molar-refractivity contribution is 0.886. The molecule has 0 saturated carbocycles. The van der Waals surface area contributed by atoms with Crippen molar-refractivity contribution in [1.82, 2.24) is 0 Å². The molecule has 0 N–H and O–H groups in total. The fourth-order valence-electron chi connectivity index (χ4n) is 0.902. The number of rotatable bonds is 1. The molecule has 48 valence electrons. The van der Waals surface area contributed by atoms with E-state index in [1.54, 1.807) is 0 Å². The third-order valence-electron chi connectivity index (χ3n) is 1.35. The molecule has 0 aromatic rings. The fourth-order valence-corrected chi connectivity index (χ4v) is 0.902. The van der Waals surface area contributed by atoms with Gasteiger partial charge in [0.25, 0.3) is 0 Å². The monoisotopic (exact) mass is 121 g/mol. The van der Waals surface area contributed by atoms with Crippen LogP contribution >= 0.6 is 0 Å². The Kier molecular flexibility index (Phi) is 2.25. The molecule has 1 heteroatoms. The average molecular weight is 121 g/mol. The predicted octanol–water partition coefficient (Wildman–Crippen LogP) is 1.82. The van der Waals surface area contributed by atoms with Crippen LogP contribution in [0.25, 0.3) is 0 Å². The highest BCUT2D eigenvalue weighted by atomic mass is 14.6. The molecule has 0 bridgehead atoms. The predicted molar refractivity (Wildman–Crippen MR) is 40.8 cm³/mol. The lowest BCUT2D eigenvalue weighted by Gasteiger charge is -2.04. The number of aliphatic imine (C=N–C) groups is 1. The SMILES string of the molecule is CN=CC1C=CC=CC1. The van der Waals surface area contributed by atoms with Crippen molar-refractivity contribution in [2.45, 2.75) is 6.42 Å². The number of nitrogens with zero attached hydrogens (tertiary/aromatic N) is 1. The van der Waals surface area contributed by atoms with E-state index in [9.17, 15) is 0 Å². The quantitative estimate of drug-likeness (QED) is 0.469. The van der Waals surface area contributed by atoms with Crippen LogP contribution in [0.4, 0.5) is 0 Å². The Labute approximate surface area is 55.8 Å². The Morgan fingerprint density at radius 2 is 2.44 bits per heavy atom. The summed E-state index contributed by atoms with van der Waals surface area (Å²) in [6.45, 7) is 0. The molecule has 0 aromatic heterocycles. The first kappa shape index (κ1) is 6.27. The molecule has 0 heterocycles. The van der Waals surface area contributed by atoms with Crippen molar-refractivity contribution in [2.24, 2.45) is 10.9 Å². The number of allylic oxidation sites excluding steroid dienone is 4. The minimum atomic E-state index is 0.542. The molecule has 0 saturated heterocycles. The van der Waals surface area contributed by atoms with E-state index in [-0.39, 0.29) is 0 Å². The first-order valence-corrected chi connectivity index (χ1v) is 3.19. The molecule has 1 nitrogen and oxygen atoms in total. The van der Waals surface area contributed by atoms with Gasteiger partial charge in [-0.15, -0.1) is 0 Å². The maximum absolute atomic E-state index is 3.95. The Morgan fingerprint density at radius 1 is 1.56 bits per heavy atom. The molecular formula is C8H11N. The zero-order valence-electron chi connectivity index (χ0n) is 5.62. The van der Waals surface area contributed by atoms with E-state index in [4.69, 9.17) is 0 Å². The van der Waals surface area contributed by atoms with Crippen molar-refractivity contribution in [3.8, 4) is 0 Å². The molecule has 1 unspecified atom stereocenters. The minimum absolute atomic E-state index is 0.542. The zero-order valence-corrected chi connectivity index (χ0v) is 5.62. The lowest BCUT2D eigenvalue weighted by Crippen LogP contribution is -1.97. The van der Waals surface area contributed by atoms with Crippen molar-refractivity contribution < 1.29 is 0 Å². The van der Waals surface area contributed by atoms with Gasteiger partial charge < -0.3 is 4.99 Å².